The molecule has 0 atom stereocenters. The smallest absolute Gasteiger partial charge is 0.395 e. The van der Waals surface area contributed by atoms with E-state index in [9.17, 15) is 14.7 Å². The Morgan fingerprint density at radius 1 is 0.950 bits per heavy atom. The van der Waals surface area contributed by atoms with Crippen LogP contribution >= 0.6 is 8.69 Å². The van der Waals surface area contributed by atoms with Gasteiger partial charge in [0.1, 0.15) is 5.75 Å². The molecule has 0 radical (unpaired) electrons. The van der Waals surface area contributed by atoms with E-state index in [2.05, 4.69) is 0 Å². The fourth-order valence-electron chi connectivity index (χ4n) is 1.83. The Bertz CT molecular complexity index is 596. The van der Waals surface area contributed by atoms with Gasteiger partial charge in [0, 0.05) is 12.1 Å². The molecule has 0 fully saturated rings. The molecule has 2 rings (SSSR count). The molecule has 0 bridgehead atoms. The van der Waals surface area contributed by atoms with Crippen LogP contribution < -0.4 is 4.52 Å². The standard InChI is InChI=1S/C14H12NO4P/c16-15(17)13-7-3-11(4-8-13)1-2-12-5-9-14(10-6-12)19-20-18/h3-10H,1-2H2. The molecule has 0 aliphatic carbocycles. The predicted molar refractivity (Wildman–Crippen MR) is 75.2 cm³/mol. The summed E-state index contributed by atoms with van der Waals surface area (Å²) in [5, 5.41) is 10.5. The largest absolute Gasteiger partial charge is 0.408 e. The third-order valence-corrected chi connectivity index (χ3v) is 3.20. The highest BCUT2D eigenvalue weighted by Crippen LogP contribution is 2.18. The summed E-state index contributed by atoms with van der Waals surface area (Å²) < 4.78 is 15.1. The second-order valence-electron chi connectivity index (χ2n) is 4.23. The van der Waals surface area contributed by atoms with Gasteiger partial charge in [0.2, 0.25) is 0 Å². The van der Waals surface area contributed by atoms with Crippen molar-refractivity contribution in [2.24, 2.45) is 0 Å². The fraction of sp³-hybridized carbons (Fsp3) is 0.143. The fourth-order valence-corrected chi connectivity index (χ4v) is 2.04. The Kier molecular flexibility index (Phi) is 4.80. The first-order chi connectivity index (χ1) is 9.69. The number of aryl methyl sites for hydroxylation is 2. The first kappa shape index (κ1) is 14.2. The Labute approximate surface area is 117 Å². The average Bonchev–Trinajstić information content (AvgIpc) is 2.47. The number of nitro benzene ring substituents is 1. The summed E-state index contributed by atoms with van der Waals surface area (Å²) in [6.45, 7) is 0. The number of hydrogen-bond donors (Lipinski definition) is 0. The van der Waals surface area contributed by atoms with Crippen LogP contribution in [0.15, 0.2) is 48.5 Å². The van der Waals surface area contributed by atoms with Crippen LogP contribution in [0.2, 0.25) is 0 Å². The summed E-state index contributed by atoms with van der Waals surface area (Å²) in [6, 6.07) is 13.9. The van der Waals surface area contributed by atoms with Crippen LogP contribution in [0.3, 0.4) is 0 Å². The molecule has 0 aromatic heterocycles. The lowest BCUT2D eigenvalue weighted by Gasteiger charge is -2.03. The van der Waals surface area contributed by atoms with E-state index in [0.717, 1.165) is 24.0 Å². The zero-order valence-electron chi connectivity index (χ0n) is 10.6. The zero-order valence-corrected chi connectivity index (χ0v) is 11.5. The van der Waals surface area contributed by atoms with Gasteiger partial charge in [0.15, 0.2) is 0 Å². The zero-order chi connectivity index (χ0) is 14.4. The van der Waals surface area contributed by atoms with Gasteiger partial charge in [-0.25, -0.2) is 4.57 Å². The highest BCUT2D eigenvalue weighted by atomic mass is 31.1. The van der Waals surface area contributed by atoms with E-state index in [-0.39, 0.29) is 14.4 Å². The van der Waals surface area contributed by atoms with Crippen molar-refractivity contribution in [2.45, 2.75) is 12.8 Å². The second-order valence-corrected chi connectivity index (χ2v) is 4.56. The van der Waals surface area contributed by atoms with Crippen molar-refractivity contribution in [1.82, 2.24) is 0 Å². The molecule has 0 heterocycles. The summed E-state index contributed by atoms with van der Waals surface area (Å²) in [7, 11) is -0.364. The van der Waals surface area contributed by atoms with E-state index < -0.39 is 4.92 Å². The summed E-state index contributed by atoms with van der Waals surface area (Å²) in [5.74, 6) is 0.556. The minimum Gasteiger partial charge on any atom is -0.408 e. The molecule has 0 aliphatic rings. The Hall–Kier alpha value is -2.26. The van der Waals surface area contributed by atoms with E-state index in [4.69, 9.17) is 4.52 Å². The molecule has 0 saturated carbocycles. The number of nitro groups is 1. The van der Waals surface area contributed by atoms with Crippen LogP contribution in [0, 0.1) is 10.1 Å². The lowest BCUT2D eigenvalue weighted by molar-refractivity contribution is -0.384. The van der Waals surface area contributed by atoms with Crippen molar-refractivity contribution in [3.05, 3.63) is 69.8 Å². The molecule has 5 nitrogen and oxygen atoms in total. The Morgan fingerprint density at radius 3 is 1.90 bits per heavy atom. The number of non-ortho nitro benzene ring substituents is 1. The molecule has 0 spiro atoms. The van der Waals surface area contributed by atoms with E-state index in [1.54, 1.807) is 24.3 Å². The van der Waals surface area contributed by atoms with Crippen molar-refractivity contribution in [2.75, 3.05) is 0 Å². The van der Waals surface area contributed by atoms with Gasteiger partial charge in [-0.3, -0.25) is 10.1 Å². The van der Waals surface area contributed by atoms with Gasteiger partial charge in [-0.15, -0.1) is 0 Å². The quantitative estimate of drug-likeness (QED) is 0.458. The van der Waals surface area contributed by atoms with Gasteiger partial charge in [0.05, 0.1) is 4.92 Å². The van der Waals surface area contributed by atoms with Gasteiger partial charge in [-0.05, 0) is 36.1 Å². The molecular formula is C14H12NO4P. The maximum Gasteiger partial charge on any atom is 0.395 e. The molecule has 102 valence electrons. The lowest BCUT2D eigenvalue weighted by Crippen LogP contribution is -1.92. The van der Waals surface area contributed by atoms with Crippen molar-refractivity contribution in [3.8, 4) is 5.75 Å². The van der Waals surface area contributed by atoms with Crippen molar-refractivity contribution < 1.29 is 14.0 Å². The number of benzene rings is 2. The first-order valence-corrected chi connectivity index (χ1v) is 6.74. The van der Waals surface area contributed by atoms with Crippen molar-refractivity contribution in [3.63, 3.8) is 0 Å². The number of hydrogen-bond acceptors (Lipinski definition) is 4. The highest BCUT2D eigenvalue weighted by molar-refractivity contribution is 7.17. The molecule has 6 heteroatoms. The van der Waals surface area contributed by atoms with Crippen LogP contribution in [0.4, 0.5) is 5.69 Å². The topological polar surface area (TPSA) is 69.4 Å². The summed E-state index contributed by atoms with van der Waals surface area (Å²) in [6.07, 6.45) is 1.63. The van der Waals surface area contributed by atoms with E-state index in [0.29, 0.717) is 5.75 Å². The van der Waals surface area contributed by atoms with Gasteiger partial charge < -0.3 is 4.52 Å². The molecular weight excluding hydrogens is 277 g/mol. The summed E-state index contributed by atoms with van der Waals surface area (Å²) in [4.78, 5) is 10.1. The van der Waals surface area contributed by atoms with Gasteiger partial charge in [-0.1, -0.05) is 24.3 Å². The normalized spacial score (nSPS) is 10.4. The highest BCUT2D eigenvalue weighted by Gasteiger charge is 2.04. The molecule has 20 heavy (non-hydrogen) atoms. The maximum absolute atomic E-state index is 10.5. The van der Waals surface area contributed by atoms with Crippen LogP contribution in [0.25, 0.3) is 0 Å². The Balaban J connectivity index is 1.94. The third-order valence-electron chi connectivity index (χ3n) is 2.92. The van der Waals surface area contributed by atoms with E-state index in [1.165, 1.54) is 12.1 Å². The lowest BCUT2D eigenvalue weighted by atomic mass is 10.0. The molecule has 2 aromatic carbocycles. The average molecular weight is 289 g/mol. The van der Waals surface area contributed by atoms with Crippen molar-refractivity contribution in [1.29, 1.82) is 0 Å². The maximum atomic E-state index is 10.5. The molecule has 0 unspecified atom stereocenters. The predicted octanol–water partition coefficient (Wildman–Crippen LogP) is 3.97. The van der Waals surface area contributed by atoms with Crippen LogP contribution in [0.5, 0.6) is 5.75 Å². The number of rotatable bonds is 6. The minimum atomic E-state index is -0.405. The van der Waals surface area contributed by atoms with Gasteiger partial charge in [0.25, 0.3) is 5.69 Å². The third kappa shape index (κ3) is 3.87. The monoisotopic (exact) mass is 289 g/mol. The van der Waals surface area contributed by atoms with E-state index in [1.807, 2.05) is 12.1 Å². The van der Waals surface area contributed by atoms with Gasteiger partial charge in [-0.2, -0.15) is 0 Å². The molecule has 0 N–H and O–H groups in total. The Morgan fingerprint density at radius 2 is 1.45 bits per heavy atom. The van der Waals surface area contributed by atoms with Crippen LogP contribution in [-0.2, 0) is 17.4 Å². The minimum absolute atomic E-state index is 0.104. The van der Waals surface area contributed by atoms with Crippen LogP contribution in [0.1, 0.15) is 11.1 Å². The molecule has 2 aromatic rings. The van der Waals surface area contributed by atoms with E-state index >= 15 is 0 Å². The SMILES string of the molecule is O=POc1ccc(CCc2ccc([N+](=O)[O-])cc2)cc1. The second kappa shape index (κ2) is 6.78. The summed E-state index contributed by atoms with van der Waals surface area (Å²) >= 11 is 0. The number of nitrogens with zero attached hydrogens (tertiary/aromatic N) is 1. The summed E-state index contributed by atoms with van der Waals surface area (Å²) in [5.41, 5.74) is 2.28. The molecule has 0 amide bonds. The molecule has 0 aliphatic heterocycles. The van der Waals surface area contributed by atoms with Crippen LogP contribution in [-0.4, -0.2) is 4.92 Å². The first-order valence-electron chi connectivity index (χ1n) is 6.01. The van der Waals surface area contributed by atoms with Gasteiger partial charge >= 0.3 is 8.69 Å². The molecule has 0 saturated heterocycles. The van der Waals surface area contributed by atoms with Crippen molar-refractivity contribution >= 4 is 14.4 Å².